The number of aromatic nitrogens is 2. The number of anilines is 2. The molecule has 1 aromatic heterocycles. The van der Waals surface area contributed by atoms with Gasteiger partial charge >= 0.3 is 0 Å². The average molecular weight is 436 g/mol. The smallest absolute Gasteiger partial charge is 0.239 e. The monoisotopic (exact) mass is 434 g/mol. The normalized spacial score (nSPS) is 11.8. The number of primary sulfonamides is 1. The number of fused-ring (bicyclic) bond motifs is 1. The lowest BCUT2D eigenvalue weighted by atomic mass is 10.3. The highest BCUT2D eigenvalue weighted by Crippen LogP contribution is 2.33. The van der Waals surface area contributed by atoms with Crippen molar-refractivity contribution in [3.63, 3.8) is 0 Å². The van der Waals surface area contributed by atoms with Crippen molar-refractivity contribution in [3.05, 3.63) is 44.8 Å². The largest absolute Gasteiger partial charge is 0.324 e. The van der Waals surface area contributed by atoms with Gasteiger partial charge in [0.05, 0.1) is 31.7 Å². The Bertz CT molecular complexity index is 1000. The Morgan fingerprint density at radius 3 is 2.48 bits per heavy atom. The quantitative estimate of drug-likeness (QED) is 0.578. The summed E-state index contributed by atoms with van der Waals surface area (Å²) < 4.78 is 23.4. The van der Waals surface area contributed by atoms with Gasteiger partial charge in [-0.25, -0.2) is 18.5 Å². The van der Waals surface area contributed by atoms with Crippen LogP contribution < -0.4 is 10.5 Å². The van der Waals surface area contributed by atoms with Gasteiger partial charge < -0.3 is 10.3 Å². The SMILES string of the molecule is NS(=O)(=O)c1cc2[nH]c(Nc3c(Cl)cccc3Cl)nc2cc1Br. The Morgan fingerprint density at radius 2 is 1.87 bits per heavy atom. The van der Waals surface area contributed by atoms with E-state index in [-0.39, 0.29) is 4.90 Å². The molecule has 23 heavy (non-hydrogen) atoms. The number of benzene rings is 2. The van der Waals surface area contributed by atoms with Crippen molar-refractivity contribution in [1.29, 1.82) is 0 Å². The van der Waals surface area contributed by atoms with E-state index >= 15 is 0 Å². The predicted octanol–water partition coefficient (Wildman–Crippen LogP) is 4.02. The van der Waals surface area contributed by atoms with Crippen LogP contribution in [0, 0.1) is 0 Å². The Kier molecular flexibility index (Phi) is 4.28. The van der Waals surface area contributed by atoms with Gasteiger partial charge in [-0.1, -0.05) is 29.3 Å². The minimum absolute atomic E-state index is 0.0315. The van der Waals surface area contributed by atoms with Crippen molar-refractivity contribution >= 4 is 71.8 Å². The molecule has 2 aromatic carbocycles. The molecule has 0 radical (unpaired) electrons. The number of H-pyrrole nitrogens is 1. The lowest BCUT2D eigenvalue weighted by Crippen LogP contribution is -2.12. The van der Waals surface area contributed by atoms with Crippen molar-refractivity contribution in [1.82, 2.24) is 9.97 Å². The molecule has 120 valence electrons. The van der Waals surface area contributed by atoms with E-state index in [4.69, 9.17) is 28.3 Å². The fourth-order valence-electron chi connectivity index (χ4n) is 2.02. The third-order valence-electron chi connectivity index (χ3n) is 3.05. The molecule has 3 aromatic rings. The Morgan fingerprint density at radius 1 is 1.22 bits per heavy atom. The van der Waals surface area contributed by atoms with Gasteiger partial charge in [0.2, 0.25) is 16.0 Å². The summed E-state index contributed by atoms with van der Waals surface area (Å²) in [4.78, 5) is 7.25. The number of rotatable bonds is 3. The van der Waals surface area contributed by atoms with Crippen molar-refractivity contribution in [2.24, 2.45) is 5.14 Å². The number of sulfonamides is 1. The summed E-state index contributed by atoms with van der Waals surface area (Å²) in [6.07, 6.45) is 0. The van der Waals surface area contributed by atoms with E-state index in [1.165, 1.54) is 6.07 Å². The van der Waals surface area contributed by atoms with Crippen molar-refractivity contribution < 1.29 is 8.42 Å². The summed E-state index contributed by atoms with van der Waals surface area (Å²) in [5.74, 6) is 0.369. The standard InChI is InChI=1S/C13H9BrCl2N4O2S/c14-6-4-9-10(5-11(6)23(17,21)22)19-13(18-9)20-12-7(15)2-1-3-8(12)16/h1-5H,(H2,17,21,22)(H2,18,19,20). The van der Waals surface area contributed by atoms with Crippen LogP contribution in [0.2, 0.25) is 10.0 Å². The van der Waals surface area contributed by atoms with Gasteiger partial charge in [-0.05, 0) is 40.2 Å². The molecule has 0 spiro atoms. The fraction of sp³-hybridized carbons (Fsp3) is 0. The van der Waals surface area contributed by atoms with Crippen molar-refractivity contribution in [3.8, 4) is 0 Å². The molecule has 0 aliphatic rings. The number of aromatic amines is 1. The van der Waals surface area contributed by atoms with E-state index in [1.54, 1.807) is 24.3 Å². The molecule has 1 heterocycles. The zero-order valence-corrected chi connectivity index (χ0v) is 15.2. The first-order valence-corrected chi connectivity index (χ1v) is 9.28. The zero-order valence-electron chi connectivity index (χ0n) is 11.3. The summed E-state index contributed by atoms with van der Waals surface area (Å²) >= 11 is 15.4. The minimum Gasteiger partial charge on any atom is -0.324 e. The number of nitrogens with one attached hydrogen (secondary N) is 2. The maximum Gasteiger partial charge on any atom is 0.239 e. The molecule has 0 amide bonds. The molecular weight excluding hydrogens is 427 g/mol. The van der Waals surface area contributed by atoms with Crippen LogP contribution in [0.25, 0.3) is 11.0 Å². The van der Waals surface area contributed by atoms with Gasteiger partial charge in [0.1, 0.15) is 0 Å². The molecule has 0 aliphatic heterocycles. The molecule has 3 rings (SSSR count). The lowest BCUT2D eigenvalue weighted by Gasteiger charge is -2.06. The second-order valence-corrected chi connectivity index (χ2v) is 7.85. The minimum atomic E-state index is -3.85. The van der Waals surface area contributed by atoms with E-state index in [0.717, 1.165) is 0 Å². The van der Waals surface area contributed by atoms with E-state index in [1.807, 2.05) is 0 Å². The average Bonchev–Trinajstić information content (AvgIpc) is 2.82. The molecule has 0 unspecified atom stereocenters. The maximum absolute atomic E-state index is 11.5. The van der Waals surface area contributed by atoms with Gasteiger partial charge in [-0.2, -0.15) is 0 Å². The van der Waals surface area contributed by atoms with Crippen LogP contribution >= 0.6 is 39.1 Å². The molecular formula is C13H9BrCl2N4O2S. The van der Waals surface area contributed by atoms with E-state index < -0.39 is 10.0 Å². The summed E-state index contributed by atoms with van der Waals surface area (Å²) in [6.45, 7) is 0. The third kappa shape index (κ3) is 3.31. The molecule has 0 saturated carbocycles. The van der Waals surface area contributed by atoms with Crippen LogP contribution in [0.3, 0.4) is 0 Å². The van der Waals surface area contributed by atoms with Crippen LogP contribution in [0.4, 0.5) is 11.6 Å². The van der Waals surface area contributed by atoms with Crippen molar-refractivity contribution in [2.75, 3.05) is 5.32 Å². The number of hydrogen-bond donors (Lipinski definition) is 3. The molecule has 0 saturated heterocycles. The Balaban J connectivity index is 2.07. The number of para-hydroxylation sites is 1. The van der Waals surface area contributed by atoms with Gasteiger partial charge in [-0.15, -0.1) is 0 Å². The van der Waals surface area contributed by atoms with Gasteiger partial charge in [0, 0.05) is 4.47 Å². The first-order valence-electron chi connectivity index (χ1n) is 6.19. The van der Waals surface area contributed by atoms with E-state index in [2.05, 4.69) is 31.2 Å². The van der Waals surface area contributed by atoms with Crippen LogP contribution in [-0.4, -0.2) is 18.4 Å². The molecule has 10 heteroatoms. The zero-order chi connectivity index (χ0) is 16.8. The number of halogens is 3. The molecule has 0 bridgehead atoms. The highest BCUT2D eigenvalue weighted by molar-refractivity contribution is 9.10. The molecule has 0 atom stereocenters. The Labute approximate surface area is 150 Å². The molecule has 4 N–H and O–H groups in total. The predicted molar refractivity (Wildman–Crippen MR) is 94.9 cm³/mol. The first kappa shape index (κ1) is 16.5. The second kappa shape index (κ2) is 5.95. The summed E-state index contributed by atoms with van der Waals surface area (Å²) in [6, 6.07) is 8.07. The second-order valence-electron chi connectivity index (χ2n) is 4.65. The first-order chi connectivity index (χ1) is 10.8. The Hall–Kier alpha value is -1.32. The summed E-state index contributed by atoms with van der Waals surface area (Å²) in [7, 11) is -3.85. The lowest BCUT2D eigenvalue weighted by molar-refractivity contribution is 0.597. The fourth-order valence-corrected chi connectivity index (χ4v) is 4.14. The summed E-state index contributed by atoms with van der Waals surface area (Å²) in [5.41, 5.74) is 1.55. The van der Waals surface area contributed by atoms with Crippen LogP contribution in [-0.2, 0) is 10.0 Å². The maximum atomic E-state index is 11.5. The number of nitrogens with two attached hydrogens (primary N) is 1. The summed E-state index contributed by atoms with van der Waals surface area (Å²) in [5, 5.41) is 9.03. The highest BCUT2D eigenvalue weighted by atomic mass is 79.9. The van der Waals surface area contributed by atoms with Gasteiger partial charge in [-0.3, -0.25) is 0 Å². The number of imidazole rings is 1. The van der Waals surface area contributed by atoms with Crippen LogP contribution in [0.15, 0.2) is 39.7 Å². The third-order valence-corrected chi connectivity index (χ3v) is 5.55. The topological polar surface area (TPSA) is 101 Å². The van der Waals surface area contributed by atoms with Gasteiger partial charge in [0.15, 0.2) is 0 Å². The van der Waals surface area contributed by atoms with Crippen molar-refractivity contribution in [2.45, 2.75) is 4.90 Å². The van der Waals surface area contributed by atoms with Gasteiger partial charge in [0.25, 0.3) is 0 Å². The van der Waals surface area contributed by atoms with Crippen LogP contribution in [0.1, 0.15) is 0 Å². The number of hydrogen-bond acceptors (Lipinski definition) is 4. The molecule has 0 aliphatic carbocycles. The molecule has 0 fully saturated rings. The molecule has 6 nitrogen and oxygen atoms in total. The highest BCUT2D eigenvalue weighted by Gasteiger charge is 2.16. The number of nitrogens with zero attached hydrogens (tertiary/aromatic N) is 1. The van der Waals surface area contributed by atoms with Crippen LogP contribution in [0.5, 0.6) is 0 Å². The van der Waals surface area contributed by atoms with E-state index in [9.17, 15) is 8.42 Å². The van der Waals surface area contributed by atoms with E-state index in [0.29, 0.717) is 37.2 Å².